The molecule has 0 aliphatic carbocycles. The molecule has 0 radical (unpaired) electrons. The quantitative estimate of drug-likeness (QED) is 0.0386. The number of fused-ring (bicyclic) bond motifs is 1. The van der Waals surface area contributed by atoms with E-state index in [1.54, 1.807) is 58.0 Å². The Morgan fingerprint density at radius 1 is 0.947 bits per heavy atom. The Morgan fingerprint density at radius 3 is 2.39 bits per heavy atom. The van der Waals surface area contributed by atoms with Crippen LogP contribution in [0.5, 0.6) is 17.6 Å². The molecule has 3 aromatic heterocycles. The number of hydrogen-bond acceptors (Lipinski definition) is 16. The van der Waals surface area contributed by atoms with E-state index in [0.29, 0.717) is 93.7 Å². The summed E-state index contributed by atoms with van der Waals surface area (Å²) in [5, 5.41) is 4.41. The molecule has 4 heterocycles. The van der Waals surface area contributed by atoms with E-state index in [1.807, 2.05) is 19.1 Å². The van der Waals surface area contributed by atoms with Crippen LogP contribution in [0.4, 0.5) is 17.6 Å². The molecule has 1 aliphatic rings. The summed E-state index contributed by atoms with van der Waals surface area (Å²) in [7, 11) is -3.23. The van der Waals surface area contributed by atoms with Crippen LogP contribution in [0, 0.1) is 12.7 Å². The number of nitrogens with zero attached hydrogens (tertiary/aromatic N) is 6. The van der Waals surface area contributed by atoms with Crippen LogP contribution in [-0.4, -0.2) is 126 Å². The maximum Gasteiger partial charge on any atom is 0.392 e. The summed E-state index contributed by atoms with van der Waals surface area (Å²) in [6, 6.07) is 16.1. The molecule has 0 unspecified atom stereocenters. The smallest absolute Gasteiger partial charge is 0.392 e. The average molecular weight is 1100 g/mol. The van der Waals surface area contributed by atoms with Gasteiger partial charge in [0.1, 0.15) is 41.5 Å². The van der Waals surface area contributed by atoms with Crippen LogP contribution >= 0.6 is 22.9 Å². The molecule has 1 saturated heterocycles. The van der Waals surface area contributed by atoms with Crippen molar-refractivity contribution < 1.29 is 59.3 Å². The van der Waals surface area contributed by atoms with Crippen molar-refractivity contribution in [3.8, 4) is 39.2 Å². The number of halogens is 5. The number of carbonyl (C=O) groups excluding carboxylic acids is 2. The zero-order valence-electron chi connectivity index (χ0n) is 42.3. The second-order valence-electron chi connectivity index (χ2n) is 18.7. The lowest BCUT2D eigenvalue weighted by molar-refractivity contribution is -0.154. The number of sulfonamides is 1. The minimum absolute atomic E-state index is 0.000695. The highest BCUT2D eigenvalue weighted by Crippen LogP contribution is 2.49. The molecule has 1 fully saturated rings. The Hall–Kier alpha value is -6.04. The molecule has 1 aliphatic heterocycles. The molecule has 1 atom stereocenters. The first-order valence-electron chi connectivity index (χ1n) is 24.1. The summed E-state index contributed by atoms with van der Waals surface area (Å²) in [6.45, 7) is 11.9. The average Bonchev–Trinajstić information content (AvgIpc) is 3.73. The molecule has 402 valence electrons. The fourth-order valence-corrected chi connectivity index (χ4v) is 10.4. The summed E-state index contributed by atoms with van der Waals surface area (Å²) in [5.41, 5.74) is 4.02. The summed E-state index contributed by atoms with van der Waals surface area (Å²) >= 11 is 8.50. The number of hydrogen-bond donors (Lipinski definition) is 1. The number of benzene rings is 3. The normalized spacial score (nSPS) is 14.2. The molecular formula is C52H58ClF4N7O9S2. The summed E-state index contributed by atoms with van der Waals surface area (Å²) in [4.78, 5) is 47.9. The van der Waals surface area contributed by atoms with Gasteiger partial charge in [-0.3, -0.25) is 9.69 Å². The van der Waals surface area contributed by atoms with Gasteiger partial charge in [0.05, 0.1) is 36.8 Å². The minimum Gasteiger partial charge on any atom is -0.487 e. The molecular weight excluding hydrogens is 1040 g/mol. The van der Waals surface area contributed by atoms with Gasteiger partial charge >= 0.3 is 24.1 Å². The molecule has 6 aromatic rings. The van der Waals surface area contributed by atoms with Gasteiger partial charge in [0.15, 0.2) is 0 Å². The van der Waals surface area contributed by atoms with Crippen molar-refractivity contribution in [3.05, 3.63) is 112 Å². The molecule has 1 N–H and O–H groups in total. The van der Waals surface area contributed by atoms with Gasteiger partial charge in [-0.15, -0.1) is 11.3 Å². The van der Waals surface area contributed by atoms with E-state index in [0.717, 1.165) is 11.1 Å². The largest absolute Gasteiger partial charge is 0.487 e. The van der Waals surface area contributed by atoms with Gasteiger partial charge in [-0.25, -0.2) is 32.6 Å². The van der Waals surface area contributed by atoms with E-state index >= 15 is 0 Å². The Labute approximate surface area is 441 Å². The first-order valence-corrected chi connectivity index (χ1v) is 27.1. The maximum absolute atomic E-state index is 14.4. The van der Waals surface area contributed by atoms with E-state index < -0.39 is 58.7 Å². The van der Waals surface area contributed by atoms with E-state index in [2.05, 4.69) is 30.2 Å². The van der Waals surface area contributed by atoms with E-state index in [9.17, 15) is 35.6 Å². The van der Waals surface area contributed by atoms with Crippen molar-refractivity contribution >= 4 is 55.1 Å². The predicted octanol–water partition coefficient (Wildman–Crippen LogP) is 8.93. The zero-order valence-corrected chi connectivity index (χ0v) is 44.7. The van der Waals surface area contributed by atoms with Gasteiger partial charge in [-0.1, -0.05) is 48.0 Å². The van der Waals surface area contributed by atoms with E-state index in [-0.39, 0.29) is 49.4 Å². The highest BCUT2D eigenvalue weighted by atomic mass is 35.5. The molecule has 16 nitrogen and oxygen atoms in total. The number of rotatable bonds is 22. The lowest BCUT2D eigenvalue weighted by atomic mass is 9.94. The van der Waals surface area contributed by atoms with Crippen LogP contribution in [0.25, 0.3) is 31.8 Å². The highest BCUT2D eigenvalue weighted by molar-refractivity contribution is 7.88. The standard InChI is InChI=1S/C52H58ClF4N7O9S2/c1-7-69-49(66)41(28-36-26-33(27-42(65)73-51(3,4)5)8-15-40(36)71-30-38-16-18-59-50(62-38)70-25-17-52(55,56)57)72-47-44-43(46(74-48(44)61-31-60-47)34-9-12-37(54)13-10-34)39-14-11-35(45(53)32(39)2)29-58-19-20-63-21-23-64(24-22-63)75(6,67)68/h8-16,18,26,31,41,58H,7,17,19-25,27-30H2,1-6H3/t41-/m1/s1. The van der Waals surface area contributed by atoms with Crippen LogP contribution in [0.1, 0.15) is 62.1 Å². The van der Waals surface area contributed by atoms with Crippen molar-refractivity contribution in [2.24, 2.45) is 0 Å². The lowest BCUT2D eigenvalue weighted by Crippen LogP contribution is -2.49. The van der Waals surface area contributed by atoms with Gasteiger partial charge in [0, 0.05) is 73.9 Å². The number of nitrogens with one attached hydrogen (secondary N) is 1. The van der Waals surface area contributed by atoms with Crippen LogP contribution < -0.4 is 19.5 Å². The number of thiophene rings is 1. The third kappa shape index (κ3) is 15.8. The van der Waals surface area contributed by atoms with Gasteiger partial charge in [-0.2, -0.15) is 22.5 Å². The minimum atomic E-state index is -4.43. The van der Waals surface area contributed by atoms with Gasteiger partial charge in [-0.05, 0) is 92.3 Å². The molecule has 23 heteroatoms. The lowest BCUT2D eigenvalue weighted by Gasteiger charge is -2.33. The summed E-state index contributed by atoms with van der Waals surface area (Å²) in [6.07, 6.45) is -3.44. The van der Waals surface area contributed by atoms with E-state index in [4.69, 9.17) is 35.3 Å². The Balaban J connectivity index is 1.21. The number of aromatic nitrogens is 4. The third-order valence-electron chi connectivity index (χ3n) is 11.8. The van der Waals surface area contributed by atoms with Crippen LogP contribution in [-0.2, 0) is 55.1 Å². The second-order valence-corrected chi connectivity index (χ2v) is 22.0. The number of alkyl halides is 3. The van der Waals surface area contributed by atoms with Crippen molar-refractivity contribution in [2.75, 3.05) is 58.7 Å². The Morgan fingerprint density at radius 2 is 1.69 bits per heavy atom. The van der Waals surface area contributed by atoms with Crippen molar-refractivity contribution in [3.63, 3.8) is 0 Å². The third-order valence-corrected chi connectivity index (χ3v) is 14.8. The summed E-state index contributed by atoms with van der Waals surface area (Å²) < 4.78 is 107. The Bertz CT molecular complexity index is 3080. The van der Waals surface area contributed by atoms with Gasteiger partial charge < -0.3 is 29.0 Å². The fourth-order valence-electron chi connectivity index (χ4n) is 8.22. The number of esters is 2. The molecule has 7 rings (SSSR count). The van der Waals surface area contributed by atoms with Crippen molar-refractivity contribution in [1.29, 1.82) is 0 Å². The highest BCUT2D eigenvalue weighted by Gasteiger charge is 2.31. The molecule has 3 aromatic carbocycles. The molecule has 0 amide bonds. The van der Waals surface area contributed by atoms with Gasteiger partial charge in [0.2, 0.25) is 22.0 Å². The number of piperazine rings is 1. The first kappa shape index (κ1) is 56.7. The summed E-state index contributed by atoms with van der Waals surface area (Å²) in [5.74, 6) is -1.38. The van der Waals surface area contributed by atoms with Crippen molar-refractivity contribution in [2.45, 2.75) is 84.9 Å². The predicted molar refractivity (Wildman–Crippen MR) is 276 cm³/mol. The SMILES string of the molecule is CCOC(=O)[C@@H](Cc1cc(CC(=O)OC(C)(C)C)ccc1OCc1ccnc(OCCC(F)(F)F)n1)Oc1ncnc2sc(-c3ccc(F)cc3)c(-c3ccc(CNCCN4CCN(S(C)(=O)=O)CC4)c(Cl)c3C)c12. The Kier molecular flexibility index (Phi) is 18.7. The van der Waals surface area contributed by atoms with Crippen LogP contribution in [0.3, 0.4) is 0 Å². The fraction of sp³-hybridized carbons (Fsp3) is 0.423. The van der Waals surface area contributed by atoms with Crippen molar-refractivity contribution in [1.82, 2.24) is 34.5 Å². The molecule has 75 heavy (non-hydrogen) atoms. The topological polar surface area (TPSA) is 185 Å². The van der Waals surface area contributed by atoms with Crippen LogP contribution in [0.15, 0.2) is 73.2 Å². The molecule has 0 bridgehead atoms. The van der Waals surface area contributed by atoms with E-state index in [1.165, 1.54) is 52.6 Å². The molecule has 0 saturated carbocycles. The van der Waals surface area contributed by atoms with Crippen LogP contribution in [0.2, 0.25) is 5.02 Å². The van der Waals surface area contributed by atoms with Gasteiger partial charge in [0.25, 0.3) is 0 Å². The number of carbonyl (C=O) groups is 2. The monoisotopic (exact) mass is 1100 g/mol. The maximum atomic E-state index is 14.4. The zero-order chi connectivity index (χ0) is 54.1. The number of ether oxygens (including phenoxy) is 5. The second kappa shape index (κ2) is 24.7. The molecule has 0 spiro atoms. The first-order chi connectivity index (χ1) is 35.5.